The Morgan fingerprint density at radius 3 is 2.74 bits per heavy atom. The van der Waals surface area contributed by atoms with Crippen LogP contribution in [-0.4, -0.2) is 47.1 Å². The van der Waals surface area contributed by atoms with E-state index in [-0.39, 0.29) is 6.61 Å². The van der Waals surface area contributed by atoms with Crippen molar-refractivity contribution < 1.29 is 5.11 Å². The van der Waals surface area contributed by atoms with Gasteiger partial charge in [-0.15, -0.1) is 0 Å². The molecule has 3 heterocycles. The van der Waals surface area contributed by atoms with Gasteiger partial charge in [-0.25, -0.2) is 0 Å². The number of hydrogen-bond donors (Lipinski definition) is 4. The van der Waals surface area contributed by atoms with Crippen LogP contribution in [0.4, 0.5) is 5.82 Å². The number of amidine groups is 1. The molecule has 0 radical (unpaired) electrons. The lowest BCUT2D eigenvalue weighted by atomic mass is 9.84. The maximum Gasteiger partial charge on any atom is 0.128 e. The minimum atomic E-state index is 0.257. The predicted octanol–water partition coefficient (Wildman–Crippen LogP) is 6.03. The predicted molar refractivity (Wildman–Crippen MR) is 143 cm³/mol. The Hall–Kier alpha value is -3.05. The molecule has 5 rings (SSSR count). The Bertz CT molecular complexity index is 1100. The number of nitrogens with one attached hydrogen (secondary N) is 3. The summed E-state index contributed by atoms with van der Waals surface area (Å²) >= 11 is 0. The van der Waals surface area contributed by atoms with Crippen molar-refractivity contribution in [1.29, 1.82) is 5.41 Å². The average Bonchev–Trinajstić information content (AvgIpc) is 3.33. The van der Waals surface area contributed by atoms with Crippen LogP contribution in [0, 0.1) is 11.3 Å². The molecule has 5 heteroatoms. The van der Waals surface area contributed by atoms with Gasteiger partial charge in [0, 0.05) is 49.5 Å². The second-order valence-electron chi connectivity index (χ2n) is 9.23. The normalized spacial score (nSPS) is 19.9. The first-order chi connectivity index (χ1) is 16.6. The molecule has 5 nitrogen and oxygen atoms in total. The summed E-state index contributed by atoms with van der Waals surface area (Å²) in [6.07, 6.45) is 14.0. The maximum absolute atomic E-state index is 9.39. The minimum Gasteiger partial charge on any atom is -0.396 e. The number of H-pyrrole nitrogens is 1. The van der Waals surface area contributed by atoms with Gasteiger partial charge in [0.25, 0.3) is 0 Å². The van der Waals surface area contributed by atoms with Crippen molar-refractivity contribution in [2.45, 2.75) is 46.0 Å². The molecule has 4 N–H and O–H groups in total. The number of nitrogens with zero attached hydrogens (tertiary/aromatic N) is 1. The standard InChI is InChI=1S/C27H32N4O.C2H6/c1-18-5-2-3-8-23(18)25-16-30-27-24(25)14-22(15-29-27)20-6-4-7-21(13-20)26(28)31-11-9-19(17-32)10-12-31;1-2/h2-7,13-14,16,19,23,28-30,32H,8-12,15,17H2,1H3;1-2H3. The van der Waals surface area contributed by atoms with Crippen LogP contribution < -0.4 is 5.32 Å². The first-order valence-corrected chi connectivity index (χ1v) is 12.7. The Labute approximate surface area is 203 Å². The summed E-state index contributed by atoms with van der Waals surface area (Å²) in [6.45, 7) is 8.93. The monoisotopic (exact) mass is 458 g/mol. The van der Waals surface area contributed by atoms with Crippen LogP contribution in [0.15, 0.2) is 54.3 Å². The molecular weight excluding hydrogens is 420 g/mol. The number of likely N-dealkylation sites (tertiary alicyclic amines) is 1. The van der Waals surface area contributed by atoms with Gasteiger partial charge in [0.1, 0.15) is 11.7 Å². The number of anilines is 1. The van der Waals surface area contributed by atoms with Crippen molar-refractivity contribution in [2.75, 3.05) is 31.6 Å². The largest absolute Gasteiger partial charge is 0.396 e. The molecule has 2 aromatic rings. The Morgan fingerprint density at radius 2 is 2.00 bits per heavy atom. The highest BCUT2D eigenvalue weighted by atomic mass is 16.3. The van der Waals surface area contributed by atoms with E-state index in [4.69, 9.17) is 5.41 Å². The van der Waals surface area contributed by atoms with Crippen LogP contribution in [-0.2, 0) is 0 Å². The third kappa shape index (κ3) is 4.90. The Kier molecular flexibility index (Phi) is 7.73. The Morgan fingerprint density at radius 1 is 1.21 bits per heavy atom. The second kappa shape index (κ2) is 10.9. The lowest BCUT2D eigenvalue weighted by Crippen LogP contribution is -2.39. The smallest absolute Gasteiger partial charge is 0.128 e. The van der Waals surface area contributed by atoms with E-state index in [0.29, 0.717) is 17.7 Å². The van der Waals surface area contributed by atoms with Crippen molar-refractivity contribution in [3.8, 4) is 0 Å². The highest BCUT2D eigenvalue weighted by Crippen LogP contribution is 2.39. The summed E-state index contributed by atoms with van der Waals surface area (Å²) in [6, 6.07) is 8.40. The molecule has 1 atom stereocenters. The number of benzene rings is 1. The van der Waals surface area contributed by atoms with E-state index in [0.717, 1.165) is 50.3 Å². The van der Waals surface area contributed by atoms with Crippen LogP contribution in [0.1, 0.15) is 68.2 Å². The zero-order valence-electron chi connectivity index (χ0n) is 20.7. The van der Waals surface area contributed by atoms with E-state index < -0.39 is 0 Å². The number of aliphatic hydroxyl groups excluding tert-OH is 1. The molecule has 0 spiro atoms. The molecule has 1 aliphatic carbocycles. The molecule has 34 heavy (non-hydrogen) atoms. The highest BCUT2D eigenvalue weighted by molar-refractivity contribution is 5.98. The van der Waals surface area contributed by atoms with Crippen LogP contribution in [0.3, 0.4) is 0 Å². The minimum absolute atomic E-state index is 0.257. The van der Waals surface area contributed by atoms with Gasteiger partial charge in [0.05, 0.1) is 0 Å². The molecule has 2 aliphatic heterocycles. The van der Waals surface area contributed by atoms with Crippen LogP contribution in [0.2, 0.25) is 0 Å². The van der Waals surface area contributed by atoms with E-state index in [1.807, 2.05) is 19.9 Å². The number of aliphatic hydroxyl groups is 1. The Balaban J connectivity index is 0.00000133. The fraction of sp³-hybridized carbons (Fsp3) is 0.414. The van der Waals surface area contributed by atoms with Crippen LogP contribution >= 0.6 is 0 Å². The SMILES string of the molecule is CC.CC1=CC=CCC1c1c[nH]c2c1C=C(c1cccc(C(=N)N3CCC(CO)CC3)c1)CN2. The van der Waals surface area contributed by atoms with Gasteiger partial charge >= 0.3 is 0 Å². The van der Waals surface area contributed by atoms with Crippen molar-refractivity contribution in [2.24, 2.45) is 5.92 Å². The number of piperidine rings is 1. The van der Waals surface area contributed by atoms with E-state index >= 15 is 0 Å². The summed E-state index contributed by atoms with van der Waals surface area (Å²) in [7, 11) is 0. The highest BCUT2D eigenvalue weighted by Gasteiger charge is 2.24. The van der Waals surface area contributed by atoms with Crippen molar-refractivity contribution in [1.82, 2.24) is 9.88 Å². The van der Waals surface area contributed by atoms with Gasteiger partial charge in [-0.05, 0) is 60.9 Å². The summed E-state index contributed by atoms with van der Waals surface area (Å²) in [4.78, 5) is 5.58. The molecule has 3 aliphatic rings. The van der Waals surface area contributed by atoms with Gasteiger partial charge in [-0.1, -0.05) is 55.8 Å². The van der Waals surface area contributed by atoms with E-state index in [1.54, 1.807) is 0 Å². The number of rotatable bonds is 4. The number of fused-ring (bicyclic) bond motifs is 1. The van der Waals surface area contributed by atoms with Gasteiger partial charge < -0.3 is 20.3 Å². The van der Waals surface area contributed by atoms with Crippen molar-refractivity contribution in [3.63, 3.8) is 0 Å². The number of aromatic nitrogens is 1. The summed E-state index contributed by atoms with van der Waals surface area (Å²) in [5.41, 5.74) is 7.38. The third-order valence-electron chi connectivity index (χ3n) is 7.21. The molecule has 180 valence electrons. The van der Waals surface area contributed by atoms with Gasteiger partial charge in [0.15, 0.2) is 0 Å². The molecule has 1 fully saturated rings. The van der Waals surface area contributed by atoms with Gasteiger partial charge in [-0.3, -0.25) is 5.41 Å². The lowest BCUT2D eigenvalue weighted by molar-refractivity contribution is 0.166. The van der Waals surface area contributed by atoms with Crippen LogP contribution in [0.25, 0.3) is 11.6 Å². The number of allylic oxidation sites excluding steroid dienone is 4. The molecule has 1 aromatic heterocycles. The zero-order chi connectivity index (χ0) is 24.1. The quantitative estimate of drug-likeness (QED) is 0.334. The third-order valence-corrected chi connectivity index (χ3v) is 7.21. The van der Waals surface area contributed by atoms with Gasteiger partial charge in [-0.2, -0.15) is 0 Å². The molecular formula is C29H38N4O. The van der Waals surface area contributed by atoms with E-state index in [1.165, 1.54) is 27.8 Å². The fourth-order valence-corrected chi connectivity index (χ4v) is 5.13. The van der Waals surface area contributed by atoms with Crippen molar-refractivity contribution >= 4 is 23.3 Å². The molecule has 1 aromatic carbocycles. The lowest BCUT2D eigenvalue weighted by Gasteiger charge is -2.33. The zero-order valence-corrected chi connectivity index (χ0v) is 20.7. The van der Waals surface area contributed by atoms with Crippen LogP contribution in [0.5, 0.6) is 0 Å². The molecule has 0 saturated carbocycles. The molecule has 1 unspecified atom stereocenters. The summed E-state index contributed by atoms with van der Waals surface area (Å²) < 4.78 is 0. The summed E-state index contributed by atoms with van der Waals surface area (Å²) in [5, 5.41) is 21.7. The summed E-state index contributed by atoms with van der Waals surface area (Å²) in [5.74, 6) is 2.48. The van der Waals surface area contributed by atoms with E-state index in [9.17, 15) is 5.11 Å². The van der Waals surface area contributed by atoms with E-state index in [2.05, 4.69) is 70.8 Å². The number of aromatic amines is 1. The average molecular weight is 459 g/mol. The second-order valence-corrected chi connectivity index (χ2v) is 9.23. The van der Waals surface area contributed by atoms with Crippen molar-refractivity contribution in [3.05, 3.63) is 76.5 Å². The number of hydrogen-bond acceptors (Lipinski definition) is 3. The molecule has 0 amide bonds. The van der Waals surface area contributed by atoms with Gasteiger partial charge in [0.2, 0.25) is 0 Å². The topological polar surface area (TPSA) is 75.1 Å². The molecule has 0 bridgehead atoms. The maximum atomic E-state index is 9.39. The fourth-order valence-electron chi connectivity index (χ4n) is 5.13. The molecule has 1 saturated heterocycles. The first-order valence-electron chi connectivity index (χ1n) is 12.7. The first kappa shape index (κ1) is 24.1.